The zero-order valence-corrected chi connectivity index (χ0v) is 18.2. The molecule has 0 fully saturated rings. The molecular formula is C34H22. The maximum atomic E-state index is 9.24. The van der Waals surface area contributed by atoms with Crippen molar-refractivity contribution in [2.75, 3.05) is 0 Å². The molecule has 0 saturated heterocycles. The summed E-state index contributed by atoms with van der Waals surface area (Å²) in [4.78, 5) is 0. The zero-order chi connectivity index (χ0) is 28.6. The fourth-order valence-electron chi connectivity index (χ4n) is 5.04. The molecule has 0 aliphatic heterocycles. The van der Waals surface area contributed by atoms with Crippen molar-refractivity contribution in [1.82, 2.24) is 0 Å². The molecule has 7 aromatic rings. The second kappa shape index (κ2) is 7.57. The van der Waals surface area contributed by atoms with Crippen LogP contribution in [0.5, 0.6) is 0 Å². The van der Waals surface area contributed by atoms with Crippen LogP contribution in [0.2, 0.25) is 0 Å². The van der Waals surface area contributed by atoms with E-state index in [1.807, 2.05) is 66.7 Å². The lowest BCUT2D eigenvalue weighted by molar-refractivity contribution is 1.68. The first-order valence-electron chi connectivity index (χ1n) is 14.7. The summed E-state index contributed by atoms with van der Waals surface area (Å²) in [7, 11) is 0. The van der Waals surface area contributed by atoms with Crippen molar-refractivity contribution in [3.05, 3.63) is 133 Å². The number of rotatable bonds is 2. The van der Waals surface area contributed by atoms with Gasteiger partial charge in [0, 0.05) is 0 Å². The molecule has 34 heavy (non-hydrogen) atoms. The van der Waals surface area contributed by atoms with Gasteiger partial charge in [0.25, 0.3) is 0 Å². The van der Waals surface area contributed by atoms with Gasteiger partial charge in [-0.3, -0.25) is 0 Å². The fourth-order valence-corrected chi connectivity index (χ4v) is 5.04. The molecule has 0 nitrogen and oxygen atoms in total. The highest BCUT2D eigenvalue weighted by molar-refractivity contribution is 6.23. The van der Waals surface area contributed by atoms with E-state index in [0.29, 0.717) is 5.56 Å². The molecule has 7 rings (SSSR count). The summed E-state index contributed by atoms with van der Waals surface area (Å²) in [6.45, 7) is 0. The number of hydrogen-bond donors (Lipinski definition) is 0. The van der Waals surface area contributed by atoms with Crippen molar-refractivity contribution in [3.63, 3.8) is 0 Å². The van der Waals surface area contributed by atoms with Crippen LogP contribution in [0, 0.1) is 0 Å². The first kappa shape index (κ1) is 13.3. The van der Waals surface area contributed by atoms with Crippen LogP contribution in [0.15, 0.2) is 133 Å². The monoisotopic (exact) mass is 437 g/mol. The minimum atomic E-state index is -0.474. The van der Waals surface area contributed by atoms with Gasteiger partial charge in [-0.1, -0.05) is 127 Å². The van der Waals surface area contributed by atoms with Gasteiger partial charge in [-0.15, -0.1) is 0 Å². The summed E-state index contributed by atoms with van der Waals surface area (Å²) < 4.78 is 60.5. The molecule has 0 atom stereocenters. The molecular weight excluding hydrogens is 408 g/mol. The standard InChI is InChI=1S/C34H22/c1-2-12-25-22-26(21-20-23(25)10-1)33-29-15-5-7-17-31(29)34(32-18-8-6-16-30(32)33)28-19-9-13-24-11-3-4-14-27(24)28/h1-22H/i1D,2D,10D,12D,20D,21D,22D. The van der Waals surface area contributed by atoms with Gasteiger partial charge < -0.3 is 0 Å². The summed E-state index contributed by atoms with van der Waals surface area (Å²) in [6.07, 6.45) is 0. The van der Waals surface area contributed by atoms with Gasteiger partial charge in [-0.2, -0.15) is 0 Å². The van der Waals surface area contributed by atoms with Crippen molar-refractivity contribution >= 4 is 43.1 Å². The van der Waals surface area contributed by atoms with E-state index in [-0.39, 0.29) is 40.5 Å². The molecule has 0 saturated carbocycles. The Bertz CT molecular complexity index is 2170. The van der Waals surface area contributed by atoms with Gasteiger partial charge in [0.05, 0.1) is 9.60 Å². The minimum absolute atomic E-state index is 0.0432. The molecule has 0 aliphatic rings. The molecule has 0 N–H and O–H groups in total. The van der Waals surface area contributed by atoms with Gasteiger partial charge in [0.1, 0.15) is 0 Å². The molecule has 7 aromatic carbocycles. The lowest BCUT2D eigenvalue weighted by atomic mass is 9.84. The lowest BCUT2D eigenvalue weighted by Gasteiger charge is -2.19. The molecule has 0 bridgehead atoms. The molecule has 0 heterocycles. The Kier molecular flexibility index (Phi) is 2.97. The number of benzene rings is 7. The van der Waals surface area contributed by atoms with Crippen LogP contribution in [0.25, 0.3) is 65.3 Å². The van der Waals surface area contributed by atoms with Crippen molar-refractivity contribution in [2.24, 2.45) is 0 Å². The summed E-state index contributed by atoms with van der Waals surface area (Å²) in [6, 6.07) is 27.8. The van der Waals surface area contributed by atoms with Crippen LogP contribution in [-0.2, 0) is 0 Å². The first-order chi connectivity index (χ1) is 19.8. The van der Waals surface area contributed by atoms with Crippen molar-refractivity contribution in [3.8, 4) is 22.3 Å². The summed E-state index contributed by atoms with van der Waals surface area (Å²) >= 11 is 0. The van der Waals surface area contributed by atoms with Crippen LogP contribution in [0.4, 0.5) is 0 Å². The highest BCUT2D eigenvalue weighted by Crippen LogP contribution is 2.45. The van der Waals surface area contributed by atoms with E-state index >= 15 is 0 Å². The maximum Gasteiger partial charge on any atom is 0.0636 e. The summed E-state index contributed by atoms with van der Waals surface area (Å²) in [5, 5.41) is 5.54. The third-order valence-corrected chi connectivity index (χ3v) is 6.49. The highest BCUT2D eigenvalue weighted by atomic mass is 14.2. The number of fused-ring (bicyclic) bond motifs is 4. The van der Waals surface area contributed by atoms with Gasteiger partial charge in [-0.05, 0) is 71.4 Å². The van der Waals surface area contributed by atoms with Crippen LogP contribution < -0.4 is 0 Å². The van der Waals surface area contributed by atoms with E-state index in [0.717, 1.165) is 43.4 Å². The average molecular weight is 438 g/mol. The second-order valence-electron chi connectivity index (χ2n) is 8.37. The largest absolute Gasteiger partial charge is 0.0636 e. The van der Waals surface area contributed by atoms with Crippen molar-refractivity contribution in [1.29, 1.82) is 0 Å². The normalized spacial score (nSPS) is 14.4. The van der Waals surface area contributed by atoms with Gasteiger partial charge in [0.2, 0.25) is 0 Å². The Morgan fingerprint density at radius 3 is 1.68 bits per heavy atom. The van der Waals surface area contributed by atoms with Crippen LogP contribution in [-0.4, -0.2) is 0 Å². The molecule has 158 valence electrons. The smallest absolute Gasteiger partial charge is 0.0616 e. The Balaban J connectivity index is 1.71. The highest BCUT2D eigenvalue weighted by Gasteiger charge is 2.17. The van der Waals surface area contributed by atoms with Gasteiger partial charge in [-0.25, -0.2) is 0 Å². The topological polar surface area (TPSA) is 0 Å². The molecule has 0 radical (unpaired) electrons. The Morgan fingerprint density at radius 1 is 0.412 bits per heavy atom. The van der Waals surface area contributed by atoms with Gasteiger partial charge >= 0.3 is 0 Å². The van der Waals surface area contributed by atoms with E-state index in [1.165, 1.54) is 0 Å². The SMILES string of the molecule is [2H]c1c([2H])c([2H])c2c([2H])c(-c3c4ccccc4c(-c4cccc5ccccc45)c4ccccc34)c([2H])c([2H])c2c1[2H]. The zero-order valence-electron chi connectivity index (χ0n) is 25.2. The van der Waals surface area contributed by atoms with Crippen molar-refractivity contribution in [2.45, 2.75) is 0 Å². The van der Waals surface area contributed by atoms with Gasteiger partial charge in [0.15, 0.2) is 0 Å². The Morgan fingerprint density at radius 2 is 0.971 bits per heavy atom. The molecule has 0 heteroatoms. The predicted octanol–water partition coefficient (Wildman–Crippen LogP) is 9.63. The molecule has 0 spiro atoms. The minimum Gasteiger partial charge on any atom is -0.0616 e. The van der Waals surface area contributed by atoms with Crippen LogP contribution in [0.3, 0.4) is 0 Å². The second-order valence-corrected chi connectivity index (χ2v) is 8.37. The third-order valence-electron chi connectivity index (χ3n) is 6.49. The maximum absolute atomic E-state index is 9.24. The Hall–Kier alpha value is -4.42. The van der Waals surface area contributed by atoms with Crippen LogP contribution >= 0.6 is 0 Å². The van der Waals surface area contributed by atoms with E-state index in [9.17, 15) is 1.37 Å². The molecule has 0 unspecified atom stereocenters. The Labute approximate surface area is 208 Å². The third kappa shape index (κ3) is 2.86. The van der Waals surface area contributed by atoms with E-state index in [1.54, 1.807) is 0 Å². The lowest BCUT2D eigenvalue weighted by Crippen LogP contribution is -1.91. The molecule has 0 amide bonds. The number of hydrogen-bond acceptors (Lipinski definition) is 0. The predicted molar refractivity (Wildman–Crippen MR) is 147 cm³/mol. The summed E-state index contributed by atoms with van der Waals surface area (Å²) in [5.41, 5.74) is 2.89. The average Bonchev–Trinajstić information content (AvgIpc) is 3.00. The summed E-state index contributed by atoms with van der Waals surface area (Å²) in [5.74, 6) is 0. The van der Waals surface area contributed by atoms with E-state index in [4.69, 9.17) is 8.22 Å². The molecule has 0 aromatic heterocycles. The van der Waals surface area contributed by atoms with E-state index < -0.39 is 18.1 Å². The quantitative estimate of drug-likeness (QED) is 0.236. The van der Waals surface area contributed by atoms with E-state index in [2.05, 4.69) is 24.3 Å². The molecule has 0 aliphatic carbocycles. The fraction of sp³-hybridized carbons (Fsp3) is 0. The van der Waals surface area contributed by atoms with Crippen molar-refractivity contribution < 1.29 is 9.60 Å². The van der Waals surface area contributed by atoms with Crippen LogP contribution in [0.1, 0.15) is 9.60 Å². The first-order valence-corrected chi connectivity index (χ1v) is 11.2.